The molecule has 1 heterocycles. The minimum absolute atomic E-state index is 0.0810. The summed E-state index contributed by atoms with van der Waals surface area (Å²) in [5.41, 5.74) is 1.64. The average Bonchev–Trinajstić information content (AvgIpc) is 2.99. The van der Waals surface area contributed by atoms with E-state index in [1.807, 2.05) is 6.07 Å². The second-order valence-corrected chi connectivity index (χ2v) is 7.62. The molecule has 6 heteroatoms. The zero-order valence-electron chi connectivity index (χ0n) is 15.4. The lowest BCUT2D eigenvalue weighted by Crippen LogP contribution is -2.43. The van der Waals surface area contributed by atoms with Crippen molar-refractivity contribution in [3.8, 4) is 23.0 Å². The van der Waals surface area contributed by atoms with Gasteiger partial charge in [-0.2, -0.15) is 0 Å². The largest absolute Gasteiger partial charge is 0.504 e. The summed E-state index contributed by atoms with van der Waals surface area (Å²) in [6, 6.07) is 14.7. The molecular formula is C23H19FO5. The predicted molar refractivity (Wildman–Crippen MR) is 103 cm³/mol. The maximum Gasteiger partial charge on any atom is 0.157 e. The first-order valence-electron chi connectivity index (χ1n) is 9.35. The number of phenols is 2. The smallest absolute Gasteiger partial charge is 0.157 e. The molecule has 3 aromatic carbocycles. The van der Waals surface area contributed by atoms with Crippen molar-refractivity contribution in [2.24, 2.45) is 0 Å². The van der Waals surface area contributed by atoms with Gasteiger partial charge < -0.3 is 24.8 Å². The Morgan fingerprint density at radius 1 is 1.03 bits per heavy atom. The zero-order chi connectivity index (χ0) is 20.2. The topological polar surface area (TPSA) is 79.2 Å². The predicted octanol–water partition coefficient (Wildman–Crippen LogP) is 3.63. The Morgan fingerprint density at radius 3 is 2.66 bits per heavy atom. The number of fused-ring (bicyclic) bond motifs is 5. The monoisotopic (exact) mass is 394 g/mol. The van der Waals surface area contributed by atoms with Crippen LogP contribution < -0.4 is 9.47 Å². The number of benzene rings is 3. The van der Waals surface area contributed by atoms with E-state index in [9.17, 15) is 19.7 Å². The fourth-order valence-corrected chi connectivity index (χ4v) is 4.32. The standard InChI is InChI=1S/C23H19FO5/c24-18-4-2-1-3-13(18)11-28-15-5-6-16-21(8-15)29-12-23(27)10-14-7-19(25)20(26)9-17(14)22(16)23/h1-9,22,25-27H,10-12H2/t22-,23+/m0/s1. The molecule has 0 unspecified atom stereocenters. The molecule has 29 heavy (non-hydrogen) atoms. The normalized spacial score (nSPS) is 21.7. The lowest BCUT2D eigenvalue weighted by Gasteiger charge is -2.36. The van der Waals surface area contributed by atoms with E-state index in [1.165, 1.54) is 18.2 Å². The van der Waals surface area contributed by atoms with Gasteiger partial charge in [0.2, 0.25) is 0 Å². The van der Waals surface area contributed by atoms with Crippen LogP contribution in [0.3, 0.4) is 0 Å². The summed E-state index contributed by atoms with van der Waals surface area (Å²) in [5, 5.41) is 30.9. The Bertz CT molecular complexity index is 1110. The number of aromatic hydroxyl groups is 2. The number of phenolic OH excluding ortho intramolecular Hbond substituents is 2. The highest BCUT2D eigenvalue weighted by Gasteiger charge is 2.50. The van der Waals surface area contributed by atoms with Crippen LogP contribution in [0.25, 0.3) is 0 Å². The third-order valence-corrected chi connectivity index (χ3v) is 5.71. The van der Waals surface area contributed by atoms with Crippen molar-refractivity contribution in [2.45, 2.75) is 24.5 Å². The minimum atomic E-state index is -1.15. The van der Waals surface area contributed by atoms with Crippen molar-refractivity contribution in [1.82, 2.24) is 0 Å². The van der Waals surface area contributed by atoms with Crippen molar-refractivity contribution in [3.05, 3.63) is 82.7 Å². The zero-order valence-corrected chi connectivity index (χ0v) is 15.4. The first kappa shape index (κ1) is 17.8. The summed E-state index contributed by atoms with van der Waals surface area (Å²) < 4.78 is 25.3. The maximum absolute atomic E-state index is 13.8. The molecule has 2 aliphatic rings. The minimum Gasteiger partial charge on any atom is -0.504 e. The Labute approximate surface area is 166 Å². The second kappa shape index (κ2) is 6.39. The average molecular weight is 394 g/mol. The Kier molecular flexibility index (Phi) is 3.93. The SMILES string of the molecule is Oc1cc2c(cc1O)[C@@H]1c3ccc(OCc4ccccc4F)cc3OC[C@]1(O)C2. The number of aliphatic hydroxyl groups is 1. The van der Waals surface area contributed by atoms with Crippen LogP contribution in [0.15, 0.2) is 54.6 Å². The van der Waals surface area contributed by atoms with E-state index >= 15 is 0 Å². The molecule has 1 aliphatic carbocycles. The molecule has 3 N–H and O–H groups in total. The van der Waals surface area contributed by atoms with Crippen LogP contribution in [0.5, 0.6) is 23.0 Å². The van der Waals surface area contributed by atoms with Gasteiger partial charge in [0.15, 0.2) is 11.5 Å². The molecule has 0 amide bonds. The van der Waals surface area contributed by atoms with Crippen molar-refractivity contribution in [2.75, 3.05) is 6.61 Å². The number of ether oxygens (including phenoxy) is 2. The second-order valence-electron chi connectivity index (χ2n) is 7.62. The van der Waals surface area contributed by atoms with Crippen LogP contribution >= 0.6 is 0 Å². The van der Waals surface area contributed by atoms with Crippen LogP contribution in [-0.2, 0) is 13.0 Å². The number of hydrogen-bond acceptors (Lipinski definition) is 5. The fourth-order valence-electron chi connectivity index (χ4n) is 4.32. The van der Waals surface area contributed by atoms with Gasteiger partial charge in [0.25, 0.3) is 0 Å². The molecule has 0 saturated heterocycles. The molecule has 5 nitrogen and oxygen atoms in total. The Hall–Kier alpha value is -3.25. The van der Waals surface area contributed by atoms with Crippen LogP contribution in [0.4, 0.5) is 4.39 Å². The highest BCUT2D eigenvalue weighted by molar-refractivity contribution is 5.58. The van der Waals surface area contributed by atoms with E-state index in [2.05, 4.69) is 0 Å². The first-order chi connectivity index (χ1) is 13.9. The molecule has 0 bridgehead atoms. The van der Waals surface area contributed by atoms with Gasteiger partial charge in [-0.3, -0.25) is 0 Å². The Balaban J connectivity index is 1.46. The van der Waals surface area contributed by atoms with Crippen LogP contribution in [0.1, 0.15) is 28.2 Å². The highest BCUT2D eigenvalue weighted by atomic mass is 19.1. The molecule has 0 aromatic heterocycles. The maximum atomic E-state index is 13.8. The molecule has 2 atom stereocenters. The van der Waals surface area contributed by atoms with Gasteiger partial charge in [-0.15, -0.1) is 0 Å². The third kappa shape index (κ3) is 2.87. The van der Waals surface area contributed by atoms with E-state index in [4.69, 9.17) is 9.47 Å². The van der Waals surface area contributed by atoms with E-state index in [1.54, 1.807) is 30.3 Å². The van der Waals surface area contributed by atoms with Crippen molar-refractivity contribution in [3.63, 3.8) is 0 Å². The summed E-state index contributed by atoms with van der Waals surface area (Å²) in [7, 11) is 0. The summed E-state index contributed by atoms with van der Waals surface area (Å²) >= 11 is 0. The first-order valence-corrected chi connectivity index (χ1v) is 9.35. The quantitative estimate of drug-likeness (QED) is 0.592. The summed E-state index contributed by atoms with van der Waals surface area (Å²) in [5.74, 6) is -0.0176. The van der Waals surface area contributed by atoms with E-state index in [0.29, 0.717) is 23.5 Å². The molecular weight excluding hydrogens is 375 g/mol. The number of hydrogen-bond donors (Lipinski definition) is 3. The molecule has 0 saturated carbocycles. The van der Waals surface area contributed by atoms with E-state index in [-0.39, 0.29) is 36.4 Å². The van der Waals surface area contributed by atoms with Crippen molar-refractivity contribution < 1.29 is 29.2 Å². The molecule has 1 aliphatic heterocycles. The Morgan fingerprint density at radius 2 is 1.83 bits per heavy atom. The number of rotatable bonds is 3. The molecule has 0 fully saturated rings. The van der Waals surface area contributed by atoms with Crippen LogP contribution in [-0.4, -0.2) is 27.5 Å². The molecule has 0 spiro atoms. The molecule has 5 rings (SSSR count). The van der Waals surface area contributed by atoms with Gasteiger partial charge in [-0.1, -0.05) is 24.3 Å². The van der Waals surface area contributed by atoms with Crippen LogP contribution in [0, 0.1) is 5.82 Å². The lowest BCUT2D eigenvalue weighted by molar-refractivity contribution is -0.0219. The van der Waals surface area contributed by atoms with Gasteiger partial charge in [-0.25, -0.2) is 4.39 Å². The van der Waals surface area contributed by atoms with Gasteiger partial charge in [0, 0.05) is 29.5 Å². The van der Waals surface area contributed by atoms with Gasteiger partial charge in [0.05, 0.1) is 0 Å². The van der Waals surface area contributed by atoms with Gasteiger partial charge in [-0.05, 0) is 35.4 Å². The fraction of sp³-hybridized carbons (Fsp3) is 0.217. The third-order valence-electron chi connectivity index (χ3n) is 5.71. The van der Waals surface area contributed by atoms with Gasteiger partial charge >= 0.3 is 0 Å². The van der Waals surface area contributed by atoms with Crippen molar-refractivity contribution >= 4 is 0 Å². The molecule has 148 valence electrons. The van der Waals surface area contributed by atoms with Crippen molar-refractivity contribution in [1.29, 1.82) is 0 Å². The van der Waals surface area contributed by atoms with Gasteiger partial charge in [0.1, 0.15) is 36.1 Å². The van der Waals surface area contributed by atoms with E-state index < -0.39 is 5.60 Å². The summed E-state index contributed by atoms with van der Waals surface area (Å²) in [6.07, 6.45) is 0.325. The summed E-state index contributed by atoms with van der Waals surface area (Å²) in [4.78, 5) is 0. The molecule has 0 radical (unpaired) electrons. The highest BCUT2D eigenvalue weighted by Crippen LogP contribution is 2.53. The summed E-state index contributed by atoms with van der Waals surface area (Å²) in [6.45, 7) is 0.173. The van der Waals surface area contributed by atoms with Crippen LogP contribution in [0.2, 0.25) is 0 Å². The lowest BCUT2D eigenvalue weighted by atomic mass is 9.80. The molecule has 3 aromatic rings. The van der Waals surface area contributed by atoms with E-state index in [0.717, 1.165) is 16.7 Å². The number of halogens is 1.